The zero-order valence-electron chi connectivity index (χ0n) is 17.7. The molecule has 0 bridgehead atoms. The van der Waals surface area contributed by atoms with Gasteiger partial charge in [-0.05, 0) is 42.0 Å². The first-order valence-corrected chi connectivity index (χ1v) is 10.0. The van der Waals surface area contributed by atoms with E-state index in [9.17, 15) is 9.59 Å². The number of H-pyrrole nitrogens is 1. The number of methoxy groups -OCH3 is 1. The monoisotopic (exact) mass is 426 g/mol. The van der Waals surface area contributed by atoms with Crippen LogP contribution in [0, 0.1) is 0 Å². The van der Waals surface area contributed by atoms with Crippen molar-refractivity contribution < 1.29 is 14.3 Å². The summed E-state index contributed by atoms with van der Waals surface area (Å²) in [6.07, 6.45) is 1.62. The molecule has 2 amide bonds. The van der Waals surface area contributed by atoms with Gasteiger partial charge in [0.15, 0.2) is 0 Å². The Labute approximate surface area is 185 Å². The molecule has 7 nitrogen and oxygen atoms in total. The number of nitrogens with one attached hydrogen (secondary N) is 3. The minimum Gasteiger partial charge on any atom is -0.497 e. The van der Waals surface area contributed by atoms with E-state index in [1.807, 2.05) is 48.5 Å². The molecule has 0 aliphatic carbocycles. The van der Waals surface area contributed by atoms with Crippen molar-refractivity contribution in [3.05, 3.63) is 83.9 Å². The summed E-state index contributed by atoms with van der Waals surface area (Å²) in [5.41, 5.74) is 7.14. The molecule has 4 rings (SSSR count). The predicted octanol–water partition coefficient (Wildman–Crippen LogP) is 4.57. The van der Waals surface area contributed by atoms with E-state index in [2.05, 4.69) is 20.8 Å². The van der Waals surface area contributed by atoms with Gasteiger partial charge in [0.2, 0.25) is 5.91 Å². The Morgan fingerprint density at radius 1 is 1.00 bits per heavy atom. The standard InChI is InChI=1S/C25H22N4O3/c1-16(30)27-19-10-6-9-18(13-19)25(31)29-26-15-22-21-14-20(32-2)11-12-23(21)28-24(22)17-7-4-3-5-8-17/h3-15,28H,1-2H3,(H,27,30)(H,29,31)/b26-15+. The van der Waals surface area contributed by atoms with Crippen LogP contribution in [0.1, 0.15) is 22.8 Å². The van der Waals surface area contributed by atoms with Gasteiger partial charge in [0, 0.05) is 34.6 Å². The number of anilines is 1. The van der Waals surface area contributed by atoms with Gasteiger partial charge in [-0.2, -0.15) is 5.10 Å². The van der Waals surface area contributed by atoms with Crippen molar-refractivity contribution in [2.75, 3.05) is 12.4 Å². The molecule has 0 saturated carbocycles. The molecule has 3 aromatic carbocycles. The summed E-state index contributed by atoms with van der Waals surface area (Å²) in [5, 5.41) is 7.79. The maximum Gasteiger partial charge on any atom is 0.271 e. The number of hydrazone groups is 1. The summed E-state index contributed by atoms with van der Waals surface area (Å²) in [5.74, 6) is 0.139. The molecular formula is C25H22N4O3. The molecule has 0 radical (unpaired) electrons. The lowest BCUT2D eigenvalue weighted by Crippen LogP contribution is -2.18. The van der Waals surface area contributed by atoms with Crippen LogP contribution in [-0.2, 0) is 4.79 Å². The molecule has 0 fully saturated rings. The van der Waals surface area contributed by atoms with Crippen LogP contribution < -0.4 is 15.5 Å². The Bertz CT molecular complexity index is 1310. The fraction of sp³-hybridized carbons (Fsp3) is 0.0800. The van der Waals surface area contributed by atoms with Crippen molar-refractivity contribution in [1.29, 1.82) is 0 Å². The van der Waals surface area contributed by atoms with Crippen molar-refractivity contribution in [1.82, 2.24) is 10.4 Å². The van der Waals surface area contributed by atoms with Gasteiger partial charge in [0.05, 0.1) is 19.0 Å². The highest BCUT2D eigenvalue weighted by molar-refractivity contribution is 6.07. The highest BCUT2D eigenvalue weighted by Gasteiger charge is 2.13. The lowest BCUT2D eigenvalue weighted by Gasteiger charge is -2.05. The van der Waals surface area contributed by atoms with E-state index in [1.165, 1.54) is 6.92 Å². The molecule has 32 heavy (non-hydrogen) atoms. The Morgan fingerprint density at radius 2 is 1.81 bits per heavy atom. The fourth-order valence-electron chi connectivity index (χ4n) is 3.45. The zero-order valence-corrected chi connectivity index (χ0v) is 17.7. The molecule has 0 unspecified atom stereocenters. The van der Waals surface area contributed by atoms with Crippen LogP contribution in [0.3, 0.4) is 0 Å². The van der Waals surface area contributed by atoms with Crippen LogP contribution in [0.15, 0.2) is 77.9 Å². The molecule has 1 aromatic heterocycles. The number of carbonyl (C=O) groups excluding carboxylic acids is 2. The second kappa shape index (κ2) is 9.18. The van der Waals surface area contributed by atoms with E-state index in [0.29, 0.717) is 11.3 Å². The minimum absolute atomic E-state index is 0.205. The molecule has 1 heterocycles. The van der Waals surface area contributed by atoms with Gasteiger partial charge in [-0.15, -0.1) is 0 Å². The van der Waals surface area contributed by atoms with Gasteiger partial charge in [0.25, 0.3) is 5.91 Å². The number of fused-ring (bicyclic) bond motifs is 1. The number of hydrogen-bond donors (Lipinski definition) is 3. The molecule has 4 aromatic rings. The Kier molecular flexibility index (Phi) is 5.98. The lowest BCUT2D eigenvalue weighted by atomic mass is 10.1. The number of aromatic amines is 1. The van der Waals surface area contributed by atoms with E-state index in [0.717, 1.165) is 33.5 Å². The van der Waals surface area contributed by atoms with Crippen molar-refractivity contribution in [2.24, 2.45) is 5.10 Å². The van der Waals surface area contributed by atoms with Crippen molar-refractivity contribution in [3.8, 4) is 17.0 Å². The summed E-state index contributed by atoms with van der Waals surface area (Å²) in [7, 11) is 1.62. The van der Waals surface area contributed by atoms with Crippen LogP contribution in [-0.4, -0.2) is 30.1 Å². The first-order valence-electron chi connectivity index (χ1n) is 10.0. The normalized spacial score (nSPS) is 10.9. The van der Waals surface area contributed by atoms with Crippen LogP contribution in [0.5, 0.6) is 5.75 Å². The second-order valence-electron chi connectivity index (χ2n) is 7.15. The largest absolute Gasteiger partial charge is 0.497 e. The molecule has 0 atom stereocenters. The number of carbonyl (C=O) groups is 2. The van der Waals surface area contributed by atoms with Gasteiger partial charge in [-0.3, -0.25) is 9.59 Å². The summed E-state index contributed by atoms with van der Waals surface area (Å²) >= 11 is 0. The number of rotatable bonds is 6. The third-order valence-electron chi connectivity index (χ3n) is 4.91. The fourth-order valence-corrected chi connectivity index (χ4v) is 3.45. The second-order valence-corrected chi connectivity index (χ2v) is 7.15. The number of nitrogens with zero attached hydrogens (tertiary/aromatic N) is 1. The number of aromatic nitrogens is 1. The third-order valence-corrected chi connectivity index (χ3v) is 4.91. The number of hydrogen-bond acceptors (Lipinski definition) is 4. The summed E-state index contributed by atoms with van der Waals surface area (Å²) in [4.78, 5) is 27.2. The molecule has 0 aliphatic heterocycles. The quantitative estimate of drug-likeness (QED) is 0.311. The maximum absolute atomic E-state index is 12.6. The molecule has 0 spiro atoms. The van der Waals surface area contributed by atoms with Crippen molar-refractivity contribution in [3.63, 3.8) is 0 Å². The number of amides is 2. The van der Waals surface area contributed by atoms with E-state index < -0.39 is 0 Å². The predicted molar refractivity (Wildman–Crippen MR) is 126 cm³/mol. The highest BCUT2D eigenvalue weighted by Crippen LogP contribution is 2.31. The molecule has 0 saturated heterocycles. The topological polar surface area (TPSA) is 95.6 Å². The van der Waals surface area contributed by atoms with Gasteiger partial charge in [-0.1, -0.05) is 36.4 Å². The van der Waals surface area contributed by atoms with Crippen LogP contribution in [0.4, 0.5) is 5.69 Å². The first kappa shape index (κ1) is 20.9. The van der Waals surface area contributed by atoms with Crippen LogP contribution in [0.25, 0.3) is 22.2 Å². The van der Waals surface area contributed by atoms with Gasteiger partial charge >= 0.3 is 0 Å². The zero-order chi connectivity index (χ0) is 22.5. The van der Waals surface area contributed by atoms with Gasteiger partial charge in [-0.25, -0.2) is 5.43 Å². The summed E-state index contributed by atoms with van der Waals surface area (Å²) in [6.45, 7) is 1.41. The van der Waals surface area contributed by atoms with Crippen LogP contribution >= 0.6 is 0 Å². The van der Waals surface area contributed by atoms with Gasteiger partial charge < -0.3 is 15.0 Å². The van der Waals surface area contributed by atoms with Gasteiger partial charge in [0.1, 0.15) is 5.75 Å². The highest BCUT2D eigenvalue weighted by atomic mass is 16.5. The first-order chi connectivity index (χ1) is 15.5. The van der Waals surface area contributed by atoms with Crippen LogP contribution in [0.2, 0.25) is 0 Å². The smallest absolute Gasteiger partial charge is 0.271 e. The summed E-state index contributed by atoms with van der Waals surface area (Å²) < 4.78 is 5.37. The molecule has 0 aliphatic rings. The molecular weight excluding hydrogens is 404 g/mol. The van der Waals surface area contributed by atoms with E-state index in [4.69, 9.17) is 4.74 Å². The molecule has 7 heteroatoms. The van der Waals surface area contributed by atoms with E-state index in [-0.39, 0.29) is 11.8 Å². The third kappa shape index (κ3) is 4.52. The molecule has 160 valence electrons. The minimum atomic E-state index is -0.382. The number of benzene rings is 3. The average molecular weight is 426 g/mol. The SMILES string of the molecule is COc1ccc2[nH]c(-c3ccccc3)c(/C=N/NC(=O)c3cccc(NC(C)=O)c3)c2c1. The Hall–Kier alpha value is -4.39. The Morgan fingerprint density at radius 3 is 2.56 bits per heavy atom. The van der Waals surface area contributed by atoms with E-state index in [1.54, 1.807) is 37.6 Å². The molecule has 3 N–H and O–H groups in total. The Balaban J connectivity index is 1.64. The van der Waals surface area contributed by atoms with Crippen molar-refractivity contribution in [2.45, 2.75) is 6.92 Å². The average Bonchev–Trinajstić information content (AvgIpc) is 3.17. The lowest BCUT2D eigenvalue weighted by molar-refractivity contribution is -0.114. The maximum atomic E-state index is 12.6. The number of ether oxygens (including phenoxy) is 1. The van der Waals surface area contributed by atoms with E-state index >= 15 is 0 Å². The summed E-state index contributed by atoms with van der Waals surface area (Å²) in [6, 6.07) is 22.3. The van der Waals surface area contributed by atoms with Crippen molar-refractivity contribution >= 4 is 34.6 Å².